The lowest BCUT2D eigenvalue weighted by molar-refractivity contribution is 0.273. The highest BCUT2D eigenvalue weighted by molar-refractivity contribution is 5.40. The van der Waals surface area contributed by atoms with Crippen molar-refractivity contribution >= 4 is 0 Å². The van der Waals surface area contributed by atoms with Gasteiger partial charge in [-0.15, -0.1) is 0 Å². The molecule has 0 N–H and O–H groups in total. The molecule has 110 valence electrons. The second-order valence-corrected chi connectivity index (χ2v) is 5.03. The van der Waals surface area contributed by atoms with E-state index in [1.54, 1.807) is 13.2 Å². The van der Waals surface area contributed by atoms with Gasteiger partial charge in [0.05, 0.1) is 14.2 Å². The van der Waals surface area contributed by atoms with Crippen molar-refractivity contribution in [2.24, 2.45) is 0 Å². The summed E-state index contributed by atoms with van der Waals surface area (Å²) in [6.45, 7) is 0.443. The van der Waals surface area contributed by atoms with Gasteiger partial charge in [0, 0.05) is 26.5 Å². The van der Waals surface area contributed by atoms with Crippen LogP contribution in [0.25, 0.3) is 0 Å². The normalized spacial score (nSPS) is 16.2. The quantitative estimate of drug-likeness (QED) is 0.861. The predicted molar refractivity (Wildman–Crippen MR) is 78.9 cm³/mol. The lowest BCUT2D eigenvalue weighted by Gasteiger charge is -2.15. The first kappa shape index (κ1) is 12.7. The number of halogens is 1. The summed E-state index contributed by atoms with van der Waals surface area (Å²) >= 11 is 0. The van der Waals surface area contributed by atoms with Crippen LogP contribution in [0.5, 0.6) is 11.5 Å². The summed E-state index contributed by atoms with van der Waals surface area (Å²) in [5, 5.41) is 0. The van der Waals surface area contributed by atoms with Gasteiger partial charge in [-0.1, -0.05) is 18.2 Å². The van der Waals surface area contributed by atoms with Gasteiger partial charge in [0.25, 0.3) is 0 Å². The molecule has 3 rings (SSSR count). The van der Waals surface area contributed by atoms with Crippen molar-refractivity contribution in [3.8, 4) is 11.5 Å². The smallest absolute Gasteiger partial charge is 0.169 e. The maximum absolute atomic E-state index is 14.3. The molecule has 1 atom stereocenters. The summed E-state index contributed by atoms with van der Waals surface area (Å²) in [6, 6.07) is 10.9. The molecule has 1 heterocycles. The zero-order chi connectivity index (χ0) is 15.7. The van der Waals surface area contributed by atoms with Gasteiger partial charge in [-0.2, -0.15) is 0 Å². The van der Waals surface area contributed by atoms with Crippen molar-refractivity contribution in [3.05, 3.63) is 58.9 Å². The minimum Gasteiger partial charge on any atom is -0.497 e. The summed E-state index contributed by atoms with van der Waals surface area (Å²) in [5.74, 6) is 0.701. The Morgan fingerprint density at radius 3 is 2.52 bits per heavy atom. The zero-order valence-electron chi connectivity index (χ0n) is 13.1. The highest BCUT2D eigenvalue weighted by Gasteiger charge is 2.24. The topological polar surface area (TPSA) is 21.7 Å². The Balaban J connectivity index is 1.81. The molecule has 4 heteroatoms. The van der Waals surface area contributed by atoms with Crippen LogP contribution in [-0.2, 0) is 19.6 Å². The van der Waals surface area contributed by atoms with Crippen LogP contribution in [0.4, 0.5) is 4.39 Å². The maximum atomic E-state index is 14.3. The van der Waals surface area contributed by atoms with E-state index in [0.29, 0.717) is 18.7 Å². The van der Waals surface area contributed by atoms with Crippen LogP contribution in [0, 0.1) is 5.82 Å². The van der Waals surface area contributed by atoms with Crippen molar-refractivity contribution in [2.45, 2.75) is 19.6 Å². The first-order chi connectivity index (χ1) is 10.6. The highest BCUT2D eigenvalue weighted by Crippen LogP contribution is 2.31. The van der Waals surface area contributed by atoms with Crippen LogP contribution in [0.15, 0.2) is 36.4 Å². The van der Waals surface area contributed by atoms with Gasteiger partial charge in [-0.3, -0.25) is 4.90 Å². The molecular formula is C17H18FNO2. The van der Waals surface area contributed by atoms with Crippen molar-refractivity contribution < 1.29 is 15.2 Å². The first-order valence-corrected chi connectivity index (χ1v) is 6.78. The molecule has 0 radical (unpaired) electrons. The molecule has 2 aromatic rings. The lowest BCUT2D eigenvalue weighted by atomic mass is 10.1. The third-order valence-corrected chi connectivity index (χ3v) is 3.71. The fourth-order valence-electron chi connectivity index (χ4n) is 2.59. The van der Waals surface area contributed by atoms with Gasteiger partial charge in [0.2, 0.25) is 0 Å². The molecule has 0 saturated heterocycles. The van der Waals surface area contributed by atoms with Gasteiger partial charge in [-0.25, -0.2) is 4.39 Å². The number of rotatable bonds is 4. The Bertz CT molecular complexity index is 675. The predicted octanol–water partition coefficient (Wildman–Crippen LogP) is 3.36. The summed E-state index contributed by atoms with van der Waals surface area (Å²) in [5.41, 5.74) is 2.41. The summed E-state index contributed by atoms with van der Waals surface area (Å²) in [7, 11) is 3.07. The van der Waals surface area contributed by atoms with Crippen molar-refractivity contribution in [2.75, 3.05) is 14.2 Å². The Kier molecular flexibility index (Phi) is 3.46. The molecule has 1 aliphatic rings. The Labute approximate surface area is 125 Å². The van der Waals surface area contributed by atoms with E-state index < -0.39 is 6.52 Å². The molecule has 1 unspecified atom stereocenters. The van der Waals surface area contributed by atoms with Gasteiger partial charge in [0.1, 0.15) is 5.75 Å². The molecule has 0 amide bonds. The Hall–Kier alpha value is -2.07. The third kappa shape index (κ3) is 2.72. The Morgan fingerprint density at radius 1 is 1.10 bits per heavy atom. The Morgan fingerprint density at radius 2 is 1.86 bits per heavy atom. The van der Waals surface area contributed by atoms with Gasteiger partial charge in [0.15, 0.2) is 11.6 Å². The van der Waals surface area contributed by atoms with E-state index in [1.165, 1.54) is 7.11 Å². The minimum atomic E-state index is -0.538. The molecule has 3 nitrogen and oxygen atoms in total. The summed E-state index contributed by atoms with van der Waals surface area (Å²) in [6.07, 6.45) is 0. The van der Waals surface area contributed by atoms with E-state index in [0.717, 1.165) is 16.9 Å². The van der Waals surface area contributed by atoms with E-state index in [2.05, 4.69) is 0 Å². The van der Waals surface area contributed by atoms with Crippen LogP contribution < -0.4 is 9.47 Å². The second-order valence-electron chi connectivity index (χ2n) is 5.03. The van der Waals surface area contributed by atoms with Crippen LogP contribution in [-0.4, -0.2) is 19.1 Å². The molecule has 21 heavy (non-hydrogen) atoms. The average Bonchev–Trinajstić information content (AvgIpc) is 3.00. The van der Waals surface area contributed by atoms with Crippen molar-refractivity contribution in [3.63, 3.8) is 0 Å². The molecule has 1 aliphatic heterocycles. The van der Waals surface area contributed by atoms with Crippen LogP contribution in [0.1, 0.15) is 18.1 Å². The highest BCUT2D eigenvalue weighted by atomic mass is 19.1. The fourth-order valence-corrected chi connectivity index (χ4v) is 2.59. The van der Waals surface area contributed by atoms with E-state index in [1.807, 2.05) is 35.2 Å². The van der Waals surface area contributed by atoms with Gasteiger partial charge < -0.3 is 9.47 Å². The van der Waals surface area contributed by atoms with Crippen LogP contribution >= 0.6 is 0 Å². The zero-order valence-corrected chi connectivity index (χ0v) is 12.1. The first-order valence-electron chi connectivity index (χ1n) is 7.36. The molecular weight excluding hydrogens is 269 g/mol. The summed E-state index contributed by atoms with van der Waals surface area (Å²) in [4.78, 5) is 1.93. The SMILES string of the molecule is [2H]C(c1ccc(OC)cc1)N1Cc2ccc(OC)c(F)c2C1. The number of benzene rings is 2. The minimum absolute atomic E-state index is 0.256. The molecule has 0 fully saturated rings. The molecule has 0 spiro atoms. The van der Waals surface area contributed by atoms with Gasteiger partial charge >= 0.3 is 0 Å². The molecule has 2 aromatic carbocycles. The van der Waals surface area contributed by atoms with E-state index in [-0.39, 0.29) is 11.6 Å². The maximum Gasteiger partial charge on any atom is 0.169 e. The van der Waals surface area contributed by atoms with E-state index >= 15 is 0 Å². The fraction of sp³-hybridized carbons (Fsp3) is 0.294. The lowest BCUT2D eigenvalue weighted by Crippen LogP contribution is -2.15. The van der Waals surface area contributed by atoms with Crippen LogP contribution in [0.2, 0.25) is 0 Å². The van der Waals surface area contributed by atoms with Gasteiger partial charge in [-0.05, 0) is 29.3 Å². The molecule has 0 aliphatic carbocycles. The number of fused-ring (bicyclic) bond motifs is 1. The van der Waals surface area contributed by atoms with Crippen molar-refractivity contribution in [1.82, 2.24) is 4.90 Å². The number of hydrogen-bond acceptors (Lipinski definition) is 3. The monoisotopic (exact) mass is 288 g/mol. The second kappa shape index (κ2) is 5.74. The third-order valence-electron chi connectivity index (χ3n) is 3.71. The molecule has 0 aromatic heterocycles. The van der Waals surface area contributed by atoms with Crippen LogP contribution in [0.3, 0.4) is 0 Å². The summed E-state index contributed by atoms with van der Waals surface area (Å²) < 4.78 is 32.8. The van der Waals surface area contributed by atoms with Crippen molar-refractivity contribution in [1.29, 1.82) is 0 Å². The number of hydrogen-bond donors (Lipinski definition) is 0. The number of nitrogens with zero attached hydrogens (tertiary/aromatic N) is 1. The molecule has 0 saturated carbocycles. The molecule has 0 bridgehead atoms. The van der Waals surface area contributed by atoms with E-state index in [4.69, 9.17) is 10.8 Å². The number of ether oxygens (including phenoxy) is 2. The standard InChI is InChI=1S/C17H18FNO2/c1-20-14-6-3-12(4-7-14)9-19-10-13-5-8-16(21-2)17(18)15(13)11-19/h3-8H,9-11H2,1-2H3/i9D. The largest absolute Gasteiger partial charge is 0.497 e. The average molecular weight is 288 g/mol. The van der Waals surface area contributed by atoms with E-state index in [9.17, 15) is 4.39 Å². The number of methoxy groups -OCH3 is 2.